The van der Waals surface area contributed by atoms with Crippen LogP contribution in [0.5, 0.6) is 0 Å². The molecule has 0 saturated heterocycles. The van der Waals surface area contributed by atoms with Gasteiger partial charge in [0.2, 0.25) is 0 Å². The molecule has 0 aromatic carbocycles. The van der Waals surface area contributed by atoms with Crippen molar-refractivity contribution in [2.24, 2.45) is 0 Å². The second-order valence-electron chi connectivity index (χ2n) is 16.0. The summed E-state index contributed by atoms with van der Waals surface area (Å²) in [5.74, 6) is -0.352. The van der Waals surface area contributed by atoms with E-state index in [1.165, 1.54) is 122 Å². The summed E-state index contributed by atoms with van der Waals surface area (Å²) in [7, 11) is 0. The summed E-state index contributed by atoms with van der Waals surface area (Å²) in [5.41, 5.74) is 0. The van der Waals surface area contributed by atoms with Crippen molar-refractivity contribution in [1.29, 1.82) is 0 Å². The van der Waals surface area contributed by atoms with Crippen LogP contribution in [0.2, 0.25) is 0 Å². The topological polar surface area (TPSA) is 78.9 Å². The van der Waals surface area contributed by atoms with Crippen molar-refractivity contribution in [3.8, 4) is 0 Å². The summed E-state index contributed by atoms with van der Waals surface area (Å²) in [5, 5.41) is 0. The first kappa shape index (κ1) is 51.4. The highest BCUT2D eigenvalue weighted by Gasteiger charge is 2.28. The Bertz CT molecular complexity index is 798. The molecule has 0 saturated carbocycles. The summed E-state index contributed by atoms with van der Waals surface area (Å²) >= 11 is 0. The molecule has 6 heteroatoms. The van der Waals surface area contributed by atoms with Crippen LogP contribution in [0.1, 0.15) is 265 Å². The van der Waals surface area contributed by atoms with Gasteiger partial charge in [0.1, 0.15) is 12.2 Å². The highest BCUT2D eigenvalue weighted by molar-refractivity contribution is 5.70. The number of carbonyl (C=O) groups is 3. The molecule has 0 radical (unpaired) electrons. The van der Waals surface area contributed by atoms with Crippen molar-refractivity contribution >= 4 is 17.9 Å². The monoisotopic (exact) mass is 751 g/mol. The Hall–Kier alpha value is -1.59. The quantitative estimate of drug-likeness (QED) is 0.0351. The zero-order chi connectivity index (χ0) is 38.9. The largest absolute Gasteiger partial charge is 0.466 e. The molecule has 6 nitrogen and oxygen atoms in total. The Kier molecular flexibility index (Phi) is 40.3. The normalized spacial score (nSPS) is 12.5. The maximum atomic E-state index is 13.2. The van der Waals surface area contributed by atoms with Gasteiger partial charge in [-0.25, -0.2) is 0 Å². The predicted octanol–water partition coefficient (Wildman–Crippen LogP) is 14.9. The van der Waals surface area contributed by atoms with Crippen LogP contribution in [0.4, 0.5) is 0 Å². The van der Waals surface area contributed by atoms with Gasteiger partial charge in [0.15, 0.2) is 0 Å². The van der Waals surface area contributed by atoms with Crippen molar-refractivity contribution in [1.82, 2.24) is 0 Å². The second-order valence-corrected chi connectivity index (χ2v) is 16.0. The number of hydrogen-bond acceptors (Lipinski definition) is 6. The summed E-state index contributed by atoms with van der Waals surface area (Å²) in [4.78, 5) is 38.5. The van der Waals surface area contributed by atoms with Crippen LogP contribution in [-0.2, 0) is 28.6 Å². The van der Waals surface area contributed by atoms with Gasteiger partial charge in [-0.2, -0.15) is 0 Å². The standard InChI is InChI=1S/C47H90O6/c1-5-9-13-17-21-22-23-28-35-41-47(50)53-44(38-32-26-24-29-33-39-45(48)51-42-36-30-20-16-12-8-4)43(37-31-25-18-14-10-6-2)52-46(49)40-34-27-19-15-11-7-3/h43-44H,5-42H2,1-4H3. The molecule has 0 aromatic rings. The summed E-state index contributed by atoms with van der Waals surface area (Å²) in [6.45, 7) is 9.48. The fraction of sp³-hybridized carbons (Fsp3) is 0.936. The molecular formula is C47H90O6. The van der Waals surface area contributed by atoms with E-state index >= 15 is 0 Å². The van der Waals surface area contributed by atoms with Crippen molar-refractivity contribution in [3.05, 3.63) is 0 Å². The zero-order valence-electron chi connectivity index (χ0n) is 36.0. The van der Waals surface area contributed by atoms with Crippen molar-refractivity contribution in [3.63, 3.8) is 0 Å². The highest BCUT2D eigenvalue weighted by Crippen LogP contribution is 2.23. The molecule has 0 amide bonds. The number of esters is 3. The molecule has 0 rings (SSSR count). The van der Waals surface area contributed by atoms with Crippen LogP contribution in [0.3, 0.4) is 0 Å². The van der Waals surface area contributed by atoms with E-state index < -0.39 is 0 Å². The van der Waals surface area contributed by atoms with E-state index in [1.807, 2.05) is 0 Å². The molecule has 0 fully saturated rings. The number of unbranched alkanes of at least 4 members (excludes halogenated alkanes) is 27. The van der Waals surface area contributed by atoms with Crippen molar-refractivity contribution in [2.75, 3.05) is 6.61 Å². The number of rotatable bonds is 42. The van der Waals surface area contributed by atoms with E-state index in [2.05, 4.69) is 27.7 Å². The SMILES string of the molecule is CCCCCCCCCCCC(=O)OC(CCCCCCCC(=O)OCCCCCCCC)C(CCCCCCCC)OC(=O)CCCCCCCC. The minimum atomic E-state index is -0.387. The van der Waals surface area contributed by atoms with Crippen LogP contribution >= 0.6 is 0 Å². The summed E-state index contributed by atoms with van der Waals surface area (Å²) < 4.78 is 17.8. The summed E-state index contributed by atoms with van der Waals surface area (Å²) in [6, 6.07) is 0. The molecule has 0 aliphatic rings. The van der Waals surface area contributed by atoms with Gasteiger partial charge in [-0.15, -0.1) is 0 Å². The Morgan fingerprint density at radius 1 is 0.321 bits per heavy atom. The fourth-order valence-corrected chi connectivity index (χ4v) is 7.14. The van der Waals surface area contributed by atoms with E-state index in [0.29, 0.717) is 32.3 Å². The van der Waals surface area contributed by atoms with Crippen LogP contribution in [0.15, 0.2) is 0 Å². The van der Waals surface area contributed by atoms with Crippen molar-refractivity contribution < 1.29 is 28.6 Å². The Balaban J connectivity index is 5.00. The van der Waals surface area contributed by atoms with Crippen LogP contribution < -0.4 is 0 Å². The third-order valence-corrected chi connectivity index (χ3v) is 10.7. The molecule has 2 unspecified atom stereocenters. The van der Waals surface area contributed by atoms with Gasteiger partial charge in [0.25, 0.3) is 0 Å². The van der Waals surface area contributed by atoms with E-state index in [-0.39, 0.29) is 30.1 Å². The average Bonchev–Trinajstić information content (AvgIpc) is 3.15. The van der Waals surface area contributed by atoms with Crippen LogP contribution in [-0.4, -0.2) is 36.7 Å². The summed E-state index contributed by atoms with van der Waals surface area (Å²) in [6.07, 6.45) is 38.8. The molecule has 0 heterocycles. The minimum absolute atomic E-state index is 0.0715. The average molecular weight is 751 g/mol. The molecule has 53 heavy (non-hydrogen) atoms. The van der Waals surface area contributed by atoms with Gasteiger partial charge in [-0.3, -0.25) is 14.4 Å². The van der Waals surface area contributed by atoms with Gasteiger partial charge in [0, 0.05) is 19.3 Å². The first-order valence-electron chi connectivity index (χ1n) is 23.5. The molecule has 0 aliphatic carbocycles. The highest BCUT2D eigenvalue weighted by atomic mass is 16.6. The Morgan fingerprint density at radius 3 is 0.925 bits per heavy atom. The Labute approximate surface area is 329 Å². The number of carbonyl (C=O) groups excluding carboxylic acids is 3. The molecule has 0 spiro atoms. The maximum Gasteiger partial charge on any atom is 0.306 e. The smallest absolute Gasteiger partial charge is 0.306 e. The molecule has 0 aliphatic heterocycles. The number of ether oxygens (including phenoxy) is 3. The maximum absolute atomic E-state index is 13.2. The van der Waals surface area contributed by atoms with E-state index in [0.717, 1.165) is 89.9 Å². The molecule has 0 bridgehead atoms. The lowest BCUT2D eigenvalue weighted by Crippen LogP contribution is -2.35. The van der Waals surface area contributed by atoms with Gasteiger partial charge in [0.05, 0.1) is 6.61 Å². The lowest BCUT2D eigenvalue weighted by atomic mass is 9.98. The molecule has 314 valence electrons. The fourth-order valence-electron chi connectivity index (χ4n) is 7.14. The van der Waals surface area contributed by atoms with E-state index in [9.17, 15) is 14.4 Å². The van der Waals surface area contributed by atoms with Crippen LogP contribution in [0.25, 0.3) is 0 Å². The lowest BCUT2D eigenvalue weighted by Gasteiger charge is -2.27. The lowest BCUT2D eigenvalue weighted by molar-refractivity contribution is -0.169. The number of hydrogen-bond donors (Lipinski definition) is 0. The van der Waals surface area contributed by atoms with Gasteiger partial charge in [-0.1, -0.05) is 195 Å². The van der Waals surface area contributed by atoms with Gasteiger partial charge in [-0.05, 0) is 51.4 Å². The Morgan fingerprint density at radius 2 is 0.585 bits per heavy atom. The minimum Gasteiger partial charge on any atom is -0.466 e. The van der Waals surface area contributed by atoms with E-state index in [1.54, 1.807) is 0 Å². The van der Waals surface area contributed by atoms with Crippen LogP contribution in [0, 0.1) is 0 Å². The molecule has 0 N–H and O–H groups in total. The third-order valence-electron chi connectivity index (χ3n) is 10.7. The predicted molar refractivity (Wildman–Crippen MR) is 224 cm³/mol. The first-order valence-corrected chi connectivity index (χ1v) is 23.5. The van der Waals surface area contributed by atoms with Gasteiger partial charge < -0.3 is 14.2 Å². The van der Waals surface area contributed by atoms with E-state index in [4.69, 9.17) is 14.2 Å². The first-order chi connectivity index (χ1) is 26.0. The zero-order valence-corrected chi connectivity index (χ0v) is 36.0. The molecular weight excluding hydrogens is 661 g/mol. The molecule has 0 aromatic heterocycles. The third kappa shape index (κ3) is 37.1. The van der Waals surface area contributed by atoms with Gasteiger partial charge >= 0.3 is 17.9 Å². The van der Waals surface area contributed by atoms with Crippen molar-refractivity contribution in [2.45, 2.75) is 277 Å². The second kappa shape index (κ2) is 41.6. The molecule has 2 atom stereocenters.